The van der Waals surface area contributed by atoms with Crippen LogP contribution in [0.1, 0.15) is 87.3 Å². The zero-order valence-electron chi connectivity index (χ0n) is 16.8. The molecule has 27 heavy (non-hydrogen) atoms. The van der Waals surface area contributed by atoms with E-state index in [1.165, 1.54) is 25.7 Å². The average molecular weight is 373 g/mol. The lowest BCUT2D eigenvalue weighted by atomic mass is 9.63. The van der Waals surface area contributed by atoms with E-state index in [2.05, 4.69) is 13.5 Å². The molecule has 3 aliphatic carbocycles. The Bertz CT molecular complexity index is 692. The van der Waals surface area contributed by atoms with E-state index >= 15 is 4.39 Å². The number of fused-ring (bicyclic) bond motifs is 2. The van der Waals surface area contributed by atoms with Crippen LogP contribution < -0.4 is 0 Å². The van der Waals surface area contributed by atoms with Gasteiger partial charge in [0.15, 0.2) is 0 Å². The minimum atomic E-state index is -0.275. The second-order valence-corrected chi connectivity index (χ2v) is 9.65. The van der Waals surface area contributed by atoms with Crippen LogP contribution in [0, 0.1) is 35.3 Å². The molecule has 4 rings (SSSR count). The van der Waals surface area contributed by atoms with E-state index < -0.39 is 0 Å². The van der Waals surface area contributed by atoms with Crippen LogP contribution in [-0.2, 0) is 12.8 Å². The van der Waals surface area contributed by atoms with Crippen LogP contribution in [0.5, 0.6) is 0 Å². The summed E-state index contributed by atoms with van der Waals surface area (Å²) in [6.45, 7) is 6.03. The van der Waals surface area contributed by atoms with Gasteiger partial charge in [0.2, 0.25) is 0 Å². The number of halogens is 2. The van der Waals surface area contributed by atoms with E-state index in [1.807, 2.05) is 6.08 Å². The van der Waals surface area contributed by atoms with Crippen molar-refractivity contribution in [3.8, 4) is 0 Å². The molecule has 1 aromatic carbocycles. The highest BCUT2D eigenvalue weighted by molar-refractivity contribution is 5.39. The zero-order chi connectivity index (χ0) is 19.0. The Balaban J connectivity index is 1.49. The first-order valence-electron chi connectivity index (χ1n) is 11.2. The minimum Gasteiger partial charge on any atom is -0.207 e. The van der Waals surface area contributed by atoms with Crippen molar-refractivity contribution < 1.29 is 8.78 Å². The van der Waals surface area contributed by atoms with Gasteiger partial charge in [0.05, 0.1) is 0 Å². The maximum Gasteiger partial charge on any atom is 0.133 e. The van der Waals surface area contributed by atoms with E-state index in [0.29, 0.717) is 17.4 Å². The quantitative estimate of drug-likeness (QED) is 0.484. The van der Waals surface area contributed by atoms with Gasteiger partial charge in [0.25, 0.3) is 0 Å². The first-order valence-corrected chi connectivity index (χ1v) is 11.2. The van der Waals surface area contributed by atoms with Crippen molar-refractivity contribution in [1.82, 2.24) is 0 Å². The molecule has 2 heteroatoms. The molecule has 0 nitrogen and oxygen atoms in total. The summed E-state index contributed by atoms with van der Waals surface area (Å²) in [5, 5.41) is 0. The third kappa shape index (κ3) is 3.87. The van der Waals surface area contributed by atoms with Gasteiger partial charge in [-0.25, -0.2) is 8.78 Å². The lowest BCUT2D eigenvalue weighted by Crippen LogP contribution is -2.31. The van der Waals surface area contributed by atoms with Crippen LogP contribution in [0.2, 0.25) is 0 Å². The zero-order valence-corrected chi connectivity index (χ0v) is 16.8. The average Bonchev–Trinajstić information content (AvgIpc) is 2.66. The molecule has 148 valence electrons. The summed E-state index contributed by atoms with van der Waals surface area (Å²) in [6, 6.07) is 1.67. The van der Waals surface area contributed by atoms with E-state index in [9.17, 15) is 4.39 Å². The van der Waals surface area contributed by atoms with Gasteiger partial charge in [0, 0.05) is 5.56 Å². The fraction of sp³-hybridized carbons (Fsp3) is 0.680. The summed E-state index contributed by atoms with van der Waals surface area (Å²) >= 11 is 0. The Morgan fingerprint density at radius 2 is 1.85 bits per heavy atom. The predicted molar refractivity (Wildman–Crippen MR) is 108 cm³/mol. The van der Waals surface area contributed by atoms with Crippen molar-refractivity contribution in [3.05, 3.63) is 47.0 Å². The van der Waals surface area contributed by atoms with Gasteiger partial charge in [0.1, 0.15) is 11.6 Å². The van der Waals surface area contributed by atoms with Crippen LogP contribution in [0.25, 0.3) is 0 Å². The molecule has 0 radical (unpaired) electrons. The molecule has 0 amide bonds. The summed E-state index contributed by atoms with van der Waals surface area (Å²) in [5.74, 6) is 2.42. The van der Waals surface area contributed by atoms with Crippen molar-refractivity contribution in [3.63, 3.8) is 0 Å². The lowest BCUT2D eigenvalue weighted by Gasteiger charge is -2.42. The van der Waals surface area contributed by atoms with E-state index in [1.54, 1.807) is 6.07 Å². The SMILES string of the molecule is C=CCCC1CCC2CC(c3c(F)cc4c(c3F)CCC(C)C4)CCC2C1. The molecule has 1 aromatic rings. The standard InChI is InChI=1S/C25H34F2/c1-3-4-5-17-7-8-19-14-20(10-9-18(19)13-17)24-23(26)15-21-12-16(2)6-11-22(21)25(24)27/h3,15-20H,1,4-14H2,2H3. The monoisotopic (exact) mass is 372 g/mol. The molecule has 3 aliphatic rings. The Morgan fingerprint density at radius 3 is 2.67 bits per heavy atom. The lowest BCUT2D eigenvalue weighted by molar-refractivity contribution is 0.113. The summed E-state index contributed by atoms with van der Waals surface area (Å²) in [4.78, 5) is 0. The van der Waals surface area contributed by atoms with Gasteiger partial charge in [-0.1, -0.05) is 19.4 Å². The normalized spacial score (nSPS) is 33.2. The smallest absolute Gasteiger partial charge is 0.133 e. The van der Waals surface area contributed by atoms with E-state index in [-0.39, 0.29) is 17.6 Å². The second-order valence-electron chi connectivity index (χ2n) is 9.65. The molecule has 5 atom stereocenters. The summed E-state index contributed by atoms with van der Waals surface area (Å²) in [5.41, 5.74) is 2.17. The summed E-state index contributed by atoms with van der Waals surface area (Å²) in [6.07, 6.45) is 14.0. The third-order valence-electron chi connectivity index (χ3n) is 7.81. The highest BCUT2D eigenvalue weighted by atomic mass is 19.1. The number of hydrogen-bond acceptors (Lipinski definition) is 0. The number of benzene rings is 1. The molecule has 0 aromatic heterocycles. The molecular formula is C25H34F2. The van der Waals surface area contributed by atoms with Crippen molar-refractivity contribution in [2.45, 2.75) is 83.5 Å². The highest BCUT2D eigenvalue weighted by Crippen LogP contribution is 2.49. The van der Waals surface area contributed by atoms with Crippen molar-refractivity contribution >= 4 is 0 Å². The molecule has 0 heterocycles. The molecule has 2 saturated carbocycles. The van der Waals surface area contributed by atoms with Gasteiger partial charge in [-0.2, -0.15) is 0 Å². The van der Waals surface area contributed by atoms with Crippen LogP contribution in [0.4, 0.5) is 8.78 Å². The minimum absolute atomic E-state index is 0.0839. The molecule has 0 N–H and O–H groups in total. The fourth-order valence-electron chi connectivity index (χ4n) is 6.29. The molecular weight excluding hydrogens is 338 g/mol. The molecule has 0 aliphatic heterocycles. The molecule has 0 saturated heterocycles. The van der Waals surface area contributed by atoms with Crippen molar-refractivity contribution in [2.75, 3.05) is 0 Å². The Kier molecular flexibility index (Phi) is 5.71. The van der Waals surface area contributed by atoms with Crippen molar-refractivity contribution in [1.29, 1.82) is 0 Å². The second kappa shape index (κ2) is 8.05. The fourth-order valence-corrected chi connectivity index (χ4v) is 6.29. The Labute approximate surface area is 163 Å². The number of hydrogen-bond donors (Lipinski definition) is 0. The van der Waals surface area contributed by atoms with Crippen molar-refractivity contribution in [2.24, 2.45) is 23.7 Å². The van der Waals surface area contributed by atoms with E-state index in [0.717, 1.165) is 67.9 Å². The largest absolute Gasteiger partial charge is 0.207 e. The molecule has 2 fully saturated rings. The number of allylic oxidation sites excluding steroid dienone is 1. The van der Waals surface area contributed by atoms with Crippen LogP contribution in [0.15, 0.2) is 18.7 Å². The first-order chi connectivity index (χ1) is 13.1. The van der Waals surface area contributed by atoms with Gasteiger partial charge in [-0.3, -0.25) is 0 Å². The predicted octanol–water partition coefficient (Wildman–Crippen LogP) is 7.36. The van der Waals surface area contributed by atoms with Crippen LogP contribution in [-0.4, -0.2) is 0 Å². The van der Waals surface area contributed by atoms with Gasteiger partial charge >= 0.3 is 0 Å². The first kappa shape index (κ1) is 19.2. The molecule has 0 spiro atoms. The summed E-state index contributed by atoms with van der Waals surface area (Å²) in [7, 11) is 0. The Hall–Kier alpha value is -1.18. The van der Waals surface area contributed by atoms with Gasteiger partial charge < -0.3 is 0 Å². The topological polar surface area (TPSA) is 0 Å². The summed E-state index contributed by atoms with van der Waals surface area (Å²) < 4.78 is 30.2. The third-order valence-corrected chi connectivity index (χ3v) is 7.81. The maximum atomic E-state index is 15.3. The Morgan fingerprint density at radius 1 is 1.07 bits per heavy atom. The van der Waals surface area contributed by atoms with Gasteiger partial charge in [-0.05, 0) is 111 Å². The van der Waals surface area contributed by atoms with Crippen LogP contribution >= 0.6 is 0 Å². The molecule has 0 bridgehead atoms. The highest BCUT2D eigenvalue weighted by Gasteiger charge is 2.38. The van der Waals surface area contributed by atoms with E-state index in [4.69, 9.17) is 0 Å². The number of rotatable bonds is 4. The molecule has 5 unspecified atom stereocenters. The maximum absolute atomic E-state index is 15.3. The van der Waals surface area contributed by atoms with Gasteiger partial charge in [-0.15, -0.1) is 6.58 Å². The van der Waals surface area contributed by atoms with Crippen LogP contribution in [0.3, 0.4) is 0 Å².